The lowest BCUT2D eigenvalue weighted by Crippen LogP contribution is -2.40. The summed E-state index contributed by atoms with van der Waals surface area (Å²) in [5.74, 6) is -0.439. The molecule has 80 valence electrons. The first-order valence-corrected chi connectivity index (χ1v) is 5.07. The van der Waals surface area contributed by atoms with E-state index in [1.165, 1.54) is 0 Å². The zero-order chi connectivity index (χ0) is 10.8. The Morgan fingerprint density at radius 2 is 1.64 bits per heavy atom. The number of nitrogens with zero attached hydrogens (tertiary/aromatic N) is 1. The van der Waals surface area contributed by atoms with Gasteiger partial charge in [-0.25, -0.2) is 0 Å². The maximum Gasteiger partial charge on any atom is 0.254 e. The number of carbonyl (C=O) groups is 2. The molecule has 0 saturated carbocycles. The van der Waals surface area contributed by atoms with Gasteiger partial charge in [0.25, 0.3) is 11.8 Å². The average molecular weight is 199 g/mol. The summed E-state index contributed by atoms with van der Waals surface area (Å²) in [6, 6.07) is 0. The summed E-state index contributed by atoms with van der Waals surface area (Å²) in [4.78, 5) is 28.0. The van der Waals surface area contributed by atoms with E-state index in [0.717, 1.165) is 17.9 Å². The summed E-state index contributed by atoms with van der Waals surface area (Å²) in [6.07, 6.45) is 2.12. The molecule has 1 aliphatic heterocycles. The number of amides is 2. The van der Waals surface area contributed by atoms with E-state index >= 15 is 0 Å². The zero-order valence-electron chi connectivity index (χ0n) is 9.00. The molecule has 0 atom stereocenters. The van der Waals surface area contributed by atoms with Crippen LogP contribution in [0.2, 0.25) is 0 Å². The lowest BCUT2D eigenvalue weighted by atomic mass is 10.0. The molecule has 0 unspecified atom stereocenters. The first-order chi connectivity index (χ1) is 6.52. The van der Waals surface area contributed by atoms with E-state index in [4.69, 9.17) is 4.84 Å². The van der Waals surface area contributed by atoms with E-state index in [1.54, 1.807) is 0 Å². The number of carbonyl (C=O) groups excluding carboxylic acids is 2. The van der Waals surface area contributed by atoms with Crippen molar-refractivity contribution in [3.8, 4) is 0 Å². The minimum atomic E-state index is -0.407. The van der Waals surface area contributed by atoms with Crippen LogP contribution in [0.3, 0.4) is 0 Å². The Morgan fingerprint density at radius 1 is 1.21 bits per heavy atom. The lowest BCUT2D eigenvalue weighted by molar-refractivity contribution is -0.228. The lowest BCUT2D eigenvalue weighted by Gasteiger charge is -2.30. The van der Waals surface area contributed by atoms with Gasteiger partial charge in [-0.2, -0.15) is 5.06 Å². The Labute approximate surface area is 84.2 Å². The van der Waals surface area contributed by atoms with Crippen molar-refractivity contribution in [2.75, 3.05) is 0 Å². The third-order valence-corrected chi connectivity index (χ3v) is 2.81. The van der Waals surface area contributed by atoms with Crippen LogP contribution in [-0.4, -0.2) is 22.5 Å². The van der Waals surface area contributed by atoms with Crippen LogP contribution in [-0.2, 0) is 14.4 Å². The molecule has 1 aliphatic rings. The van der Waals surface area contributed by atoms with Gasteiger partial charge >= 0.3 is 0 Å². The Kier molecular flexibility index (Phi) is 3.26. The summed E-state index contributed by atoms with van der Waals surface area (Å²) in [5.41, 5.74) is -0.407. The molecule has 14 heavy (non-hydrogen) atoms. The minimum absolute atomic E-state index is 0.219. The van der Waals surface area contributed by atoms with E-state index in [2.05, 4.69) is 0 Å². The molecular formula is C10H17NO3. The predicted octanol–water partition coefficient (Wildman–Crippen LogP) is 1.65. The Hall–Kier alpha value is -0.900. The fourth-order valence-electron chi connectivity index (χ4n) is 1.26. The third kappa shape index (κ3) is 2.12. The molecule has 4 heteroatoms. The Morgan fingerprint density at radius 3 is 2.00 bits per heavy atom. The average Bonchev–Trinajstić information content (AvgIpc) is 2.49. The van der Waals surface area contributed by atoms with Crippen LogP contribution in [0, 0.1) is 0 Å². The van der Waals surface area contributed by atoms with E-state index in [-0.39, 0.29) is 24.7 Å². The van der Waals surface area contributed by atoms with Crippen molar-refractivity contribution < 1.29 is 14.4 Å². The van der Waals surface area contributed by atoms with Crippen LogP contribution in [0.15, 0.2) is 0 Å². The molecule has 0 aromatic rings. The van der Waals surface area contributed by atoms with Crippen LogP contribution < -0.4 is 0 Å². The van der Waals surface area contributed by atoms with Crippen molar-refractivity contribution in [2.24, 2.45) is 0 Å². The first kappa shape index (κ1) is 11.2. The van der Waals surface area contributed by atoms with Crippen molar-refractivity contribution in [3.63, 3.8) is 0 Å². The maximum absolute atomic E-state index is 11.3. The van der Waals surface area contributed by atoms with Gasteiger partial charge in [0.05, 0.1) is 5.60 Å². The second-order valence-electron chi connectivity index (χ2n) is 3.83. The Bertz CT molecular complexity index is 230. The summed E-state index contributed by atoms with van der Waals surface area (Å²) in [5, 5.41) is 0.938. The monoisotopic (exact) mass is 199 g/mol. The van der Waals surface area contributed by atoms with Crippen molar-refractivity contribution in [3.05, 3.63) is 0 Å². The first-order valence-electron chi connectivity index (χ1n) is 5.07. The topological polar surface area (TPSA) is 46.6 Å². The fourth-order valence-corrected chi connectivity index (χ4v) is 1.26. The zero-order valence-corrected chi connectivity index (χ0v) is 9.00. The quantitative estimate of drug-likeness (QED) is 0.647. The van der Waals surface area contributed by atoms with Crippen molar-refractivity contribution in [1.29, 1.82) is 0 Å². The highest BCUT2D eigenvalue weighted by molar-refractivity contribution is 6.00. The smallest absolute Gasteiger partial charge is 0.254 e. The number of hydrogen-bond donors (Lipinski definition) is 0. The molecule has 0 N–H and O–H groups in total. The summed E-state index contributed by atoms with van der Waals surface area (Å²) in [6.45, 7) is 5.87. The van der Waals surface area contributed by atoms with Gasteiger partial charge in [-0.05, 0) is 19.8 Å². The molecular weight excluding hydrogens is 182 g/mol. The highest BCUT2D eigenvalue weighted by atomic mass is 16.7. The van der Waals surface area contributed by atoms with Gasteiger partial charge in [0.1, 0.15) is 0 Å². The Balaban J connectivity index is 2.66. The van der Waals surface area contributed by atoms with Crippen molar-refractivity contribution in [2.45, 2.75) is 52.1 Å². The molecule has 1 fully saturated rings. The second-order valence-corrected chi connectivity index (χ2v) is 3.83. The van der Waals surface area contributed by atoms with Gasteiger partial charge in [-0.15, -0.1) is 0 Å². The van der Waals surface area contributed by atoms with Crippen LogP contribution in [0.1, 0.15) is 46.5 Å². The van der Waals surface area contributed by atoms with Crippen LogP contribution in [0.5, 0.6) is 0 Å². The molecule has 1 rings (SSSR count). The molecule has 0 aromatic heterocycles. The highest BCUT2D eigenvalue weighted by Gasteiger charge is 2.35. The summed E-state index contributed by atoms with van der Waals surface area (Å²) >= 11 is 0. The SMILES string of the molecule is CCC(C)(CC)ON1C(=O)CCC1=O. The molecule has 0 spiro atoms. The van der Waals surface area contributed by atoms with E-state index in [1.807, 2.05) is 20.8 Å². The number of rotatable bonds is 4. The molecule has 1 saturated heterocycles. The minimum Gasteiger partial charge on any atom is -0.272 e. The second kappa shape index (κ2) is 4.09. The predicted molar refractivity (Wildman–Crippen MR) is 51.2 cm³/mol. The fraction of sp³-hybridized carbons (Fsp3) is 0.800. The summed E-state index contributed by atoms with van der Waals surface area (Å²) < 4.78 is 0. The third-order valence-electron chi connectivity index (χ3n) is 2.81. The number of hydroxylamine groups is 2. The summed E-state index contributed by atoms with van der Waals surface area (Å²) in [7, 11) is 0. The molecule has 0 radical (unpaired) electrons. The van der Waals surface area contributed by atoms with Gasteiger partial charge in [0, 0.05) is 12.8 Å². The van der Waals surface area contributed by atoms with Gasteiger partial charge in [0.15, 0.2) is 0 Å². The molecule has 2 amide bonds. The molecule has 0 bridgehead atoms. The van der Waals surface area contributed by atoms with Gasteiger partial charge in [-0.1, -0.05) is 13.8 Å². The van der Waals surface area contributed by atoms with Gasteiger partial charge < -0.3 is 0 Å². The van der Waals surface area contributed by atoms with E-state index in [0.29, 0.717) is 0 Å². The van der Waals surface area contributed by atoms with Gasteiger partial charge in [0.2, 0.25) is 0 Å². The molecule has 4 nitrogen and oxygen atoms in total. The number of hydrogen-bond acceptors (Lipinski definition) is 3. The highest BCUT2D eigenvalue weighted by Crippen LogP contribution is 2.24. The van der Waals surface area contributed by atoms with E-state index in [9.17, 15) is 9.59 Å². The van der Waals surface area contributed by atoms with Crippen molar-refractivity contribution >= 4 is 11.8 Å². The normalized spacial score (nSPS) is 18.1. The maximum atomic E-state index is 11.3. The van der Waals surface area contributed by atoms with E-state index < -0.39 is 5.60 Å². The van der Waals surface area contributed by atoms with Crippen LogP contribution >= 0.6 is 0 Å². The molecule has 0 aliphatic carbocycles. The molecule has 1 heterocycles. The molecule has 0 aromatic carbocycles. The van der Waals surface area contributed by atoms with Gasteiger partial charge in [-0.3, -0.25) is 14.4 Å². The standard InChI is InChI=1S/C10H17NO3/c1-4-10(3,5-2)14-11-8(12)6-7-9(11)13/h4-7H2,1-3H3. The van der Waals surface area contributed by atoms with Crippen LogP contribution in [0.4, 0.5) is 0 Å². The van der Waals surface area contributed by atoms with Crippen molar-refractivity contribution in [1.82, 2.24) is 5.06 Å². The largest absolute Gasteiger partial charge is 0.272 e. The van der Waals surface area contributed by atoms with Crippen LogP contribution in [0.25, 0.3) is 0 Å². The number of imide groups is 1.